The lowest BCUT2D eigenvalue weighted by Gasteiger charge is -2.21. The van der Waals surface area contributed by atoms with Gasteiger partial charge in [0.25, 0.3) is 0 Å². The Labute approximate surface area is 127 Å². The Morgan fingerprint density at radius 1 is 1.05 bits per heavy atom. The Morgan fingerprint density at radius 3 is 2.24 bits per heavy atom. The molecular formula is C17H26N2O2. The van der Waals surface area contributed by atoms with Crippen LogP contribution in [0.25, 0.3) is 0 Å². The highest BCUT2D eigenvalue weighted by atomic mass is 16.2. The van der Waals surface area contributed by atoms with Crippen LogP contribution in [-0.4, -0.2) is 36.3 Å². The molecule has 0 radical (unpaired) electrons. The molecule has 0 aliphatic rings. The van der Waals surface area contributed by atoms with E-state index >= 15 is 0 Å². The van der Waals surface area contributed by atoms with Crippen molar-refractivity contribution in [2.24, 2.45) is 0 Å². The zero-order valence-corrected chi connectivity index (χ0v) is 13.1. The average molecular weight is 290 g/mol. The summed E-state index contributed by atoms with van der Waals surface area (Å²) in [4.78, 5) is 25.6. The highest BCUT2D eigenvalue weighted by molar-refractivity contribution is 5.96. The second kappa shape index (κ2) is 9.97. The molecule has 1 rings (SSSR count). The van der Waals surface area contributed by atoms with Crippen LogP contribution in [0.4, 0.5) is 0 Å². The second-order valence-electron chi connectivity index (χ2n) is 5.14. The summed E-state index contributed by atoms with van der Waals surface area (Å²) in [6.07, 6.45) is 2.58. The van der Waals surface area contributed by atoms with E-state index in [1.54, 1.807) is 4.90 Å². The molecule has 0 heterocycles. The monoisotopic (exact) mass is 290 g/mol. The molecule has 0 saturated heterocycles. The van der Waals surface area contributed by atoms with E-state index < -0.39 is 0 Å². The molecule has 0 aliphatic carbocycles. The molecule has 1 N–H and O–H groups in total. The summed E-state index contributed by atoms with van der Waals surface area (Å²) in [5, 5.41) is 2.81. The van der Waals surface area contributed by atoms with Crippen molar-refractivity contribution >= 4 is 11.8 Å². The first-order chi connectivity index (χ1) is 10.2. The Morgan fingerprint density at radius 2 is 1.67 bits per heavy atom. The second-order valence-corrected chi connectivity index (χ2v) is 5.14. The number of amides is 2. The smallest absolute Gasteiger partial charge is 0.232 e. The van der Waals surface area contributed by atoms with Crippen molar-refractivity contribution in [1.29, 1.82) is 0 Å². The molecule has 1 aromatic carbocycles. The number of nitrogens with one attached hydrogen (secondary N) is 1. The van der Waals surface area contributed by atoms with Crippen LogP contribution in [0.3, 0.4) is 0 Å². The van der Waals surface area contributed by atoms with Gasteiger partial charge in [0.05, 0.1) is 0 Å². The average Bonchev–Trinajstić information content (AvgIpc) is 2.48. The van der Waals surface area contributed by atoms with Gasteiger partial charge in [0.1, 0.15) is 6.42 Å². The summed E-state index contributed by atoms with van der Waals surface area (Å²) >= 11 is 0. The predicted octanol–water partition coefficient (Wildman–Crippen LogP) is 2.38. The predicted molar refractivity (Wildman–Crippen MR) is 84.9 cm³/mol. The van der Waals surface area contributed by atoms with Gasteiger partial charge in [-0.3, -0.25) is 9.59 Å². The van der Waals surface area contributed by atoms with E-state index in [0.29, 0.717) is 6.54 Å². The van der Waals surface area contributed by atoms with Crippen LogP contribution in [-0.2, 0) is 16.0 Å². The van der Waals surface area contributed by atoms with E-state index in [0.717, 1.165) is 32.4 Å². The highest BCUT2D eigenvalue weighted by Crippen LogP contribution is 2.00. The molecule has 0 aromatic heterocycles. The number of carbonyl (C=O) groups excluding carboxylic acids is 2. The fourth-order valence-corrected chi connectivity index (χ4v) is 2.20. The van der Waals surface area contributed by atoms with Gasteiger partial charge in [0.2, 0.25) is 11.8 Å². The molecular weight excluding hydrogens is 264 g/mol. The number of carbonyl (C=O) groups is 2. The van der Waals surface area contributed by atoms with Crippen molar-refractivity contribution in [3.8, 4) is 0 Å². The van der Waals surface area contributed by atoms with E-state index in [-0.39, 0.29) is 18.2 Å². The Bertz CT molecular complexity index is 426. The molecule has 0 spiro atoms. The van der Waals surface area contributed by atoms with Gasteiger partial charge in [0.15, 0.2) is 0 Å². The molecule has 0 atom stereocenters. The van der Waals surface area contributed by atoms with E-state index in [1.165, 1.54) is 5.56 Å². The fourth-order valence-electron chi connectivity index (χ4n) is 2.20. The van der Waals surface area contributed by atoms with E-state index in [4.69, 9.17) is 0 Å². The first-order valence-electron chi connectivity index (χ1n) is 7.75. The van der Waals surface area contributed by atoms with Gasteiger partial charge >= 0.3 is 0 Å². The lowest BCUT2D eigenvalue weighted by molar-refractivity contribution is -0.136. The third-order valence-corrected chi connectivity index (χ3v) is 3.23. The van der Waals surface area contributed by atoms with Gasteiger partial charge in [-0.1, -0.05) is 44.2 Å². The van der Waals surface area contributed by atoms with Crippen molar-refractivity contribution < 1.29 is 9.59 Å². The molecule has 0 bridgehead atoms. The minimum Gasteiger partial charge on any atom is -0.355 e. The zero-order chi connectivity index (χ0) is 15.5. The first kappa shape index (κ1) is 17.2. The lowest BCUT2D eigenvalue weighted by Crippen LogP contribution is -2.37. The van der Waals surface area contributed by atoms with Crippen molar-refractivity contribution in [3.05, 3.63) is 35.9 Å². The molecule has 21 heavy (non-hydrogen) atoms. The zero-order valence-electron chi connectivity index (χ0n) is 13.1. The van der Waals surface area contributed by atoms with Crippen LogP contribution in [0.5, 0.6) is 0 Å². The fraction of sp³-hybridized carbons (Fsp3) is 0.529. The lowest BCUT2D eigenvalue weighted by atomic mass is 10.1. The van der Waals surface area contributed by atoms with Crippen molar-refractivity contribution in [2.75, 3.05) is 19.6 Å². The number of nitrogens with zero attached hydrogens (tertiary/aromatic N) is 1. The van der Waals surface area contributed by atoms with Gasteiger partial charge in [-0.25, -0.2) is 0 Å². The van der Waals surface area contributed by atoms with Crippen LogP contribution in [0.2, 0.25) is 0 Å². The summed E-state index contributed by atoms with van der Waals surface area (Å²) in [7, 11) is 0. The van der Waals surface area contributed by atoms with Crippen molar-refractivity contribution in [2.45, 2.75) is 39.5 Å². The quantitative estimate of drug-likeness (QED) is 0.710. The van der Waals surface area contributed by atoms with Crippen LogP contribution in [0.15, 0.2) is 30.3 Å². The third-order valence-electron chi connectivity index (χ3n) is 3.23. The van der Waals surface area contributed by atoms with Crippen LogP contribution < -0.4 is 5.32 Å². The summed E-state index contributed by atoms with van der Waals surface area (Å²) in [6.45, 7) is 6.09. The summed E-state index contributed by atoms with van der Waals surface area (Å²) < 4.78 is 0. The van der Waals surface area contributed by atoms with Gasteiger partial charge in [-0.2, -0.15) is 0 Å². The standard InChI is InChI=1S/C17H26N2O2/c1-3-12-19(13-4-2)17(21)14-16(20)18-11-10-15-8-6-5-7-9-15/h5-9H,3-4,10-14H2,1-2H3,(H,18,20). The SMILES string of the molecule is CCCN(CCC)C(=O)CC(=O)NCCc1ccccc1. The summed E-state index contributed by atoms with van der Waals surface area (Å²) in [5.41, 5.74) is 1.18. The summed E-state index contributed by atoms with van der Waals surface area (Å²) in [6, 6.07) is 9.99. The van der Waals surface area contributed by atoms with Crippen LogP contribution in [0, 0.1) is 0 Å². The minimum atomic E-state index is -0.187. The Hall–Kier alpha value is -1.84. The van der Waals surface area contributed by atoms with Gasteiger partial charge in [-0.15, -0.1) is 0 Å². The number of hydrogen-bond donors (Lipinski definition) is 1. The molecule has 0 fully saturated rings. The summed E-state index contributed by atoms with van der Waals surface area (Å²) in [5.74, 6) is -0.260. The molecule has 0 saturated carbocycles. The largest absolute Gasteiger partial charge is 0.355 e. The van der Waals surface area contributed by atoms with Gasteiger partial charge < -0.3 is 10.2 Å². The number of benzene rings is 1. The van der Waals surface area contributed by atoms with E-state index in [2.05, 4.69) is 5.32 Å². The van der Waals surface area contributed by atoms with E-state index in [9.17, 15) is 9.59 Å². The maximum Gasteiger partial charge on any atom is 0.232 e. The molecule has 4 nitrogen and oxygen atoms in total. The number of hydrogen-bond acceptors (Lipinski definition) is 2. The molecule has 1 aromatic rings. The van der Waals surface area contributed by atoms with Gasteiger partial charge in [0, 0.05) is 19.6 Å². The normalized spacial score (nSPS) is 10.2. The molecule has 116 valence electrons. The Balaban J connectivity index is 2.30. The van der Waals surface area contributed by atoms with Gasteiger partial charge in [-0.05, 0) is 24.8 Å². The van der Waals surface area contributed by atoms with Crippen molar-refractivity contribution in [3.63, 3.8) is 0 Å². The molecule has 0 unspecified atom stereocenters. The molecule has 2 amide bonds. The minimum absolute atomic E-state index is 0.0468. The van der Waals surface area contributed by atoms with E-state index in [1.807, 2.05) is 44.2 Å². The highest BCUT2D eigenvalue weighted by Gasteiger charge is 2.15. The maximum atomic E-state index is 12.0. The topological polar surface area (TPSA) is 49.4 Å². The van der Waals surface area contributed by atoms with Crippen LogP contribution >= 0.6 is 0 Å². The first-order valence-corrected chi connectivity index (χ1v) is 7.75. The Kier molecular flexibility index (Phi) is 8.17. The van der Waals surface area contributed by atoms with Crippen LogP contribution in [0.1, 0.15) is 38.7 Å². The van der Waals surface area contributed by atoms with Crippen molar-refractivity contribution in [1.82, 2.24) is 10.2 Å². The molecule has 4 heteroatoms. The maximum absolute atomic E-state index is 12.0. The third kappa shape index (κ3) is 6.93. The number of rotatable bonds is 9. The molecule has 0 aliphatic heterocycles.